The average Bonchev–Trinajstić information content (AvgIpc) is 2.50. The van der Waals surface area contributed by atoms with Gasteiger partial charge in [0.1, 0.15) is 11.6 Å². The van der Waals surface area contributed by atoms with E-state index in [1.54, 1.807) is 12.1 Å². The number of nitrogens with two attached hydrogens (primary N) is 1. The van der Waals surface area contributed by atoms with Gasteiger partial charge in [-0.2, -0.15) is 0 Å². The van der Waals surface area contributed by atoms with Crippen LogP contribution in [-0.2, 0) is 6.42 Å². The molecule has 5 nitrogen and oxygen atoms in total. The zero-order chi connectivity index (χ0) is 15.4. The number of halogens is 2. The predicted octanol–water partition coefficient (Wildman–Crippen LogP) is 3.08. The Labute approximate surface area is 129 Å². The molecule has 0 fully saturated rings. The Hall–Kier alpha value is -1.99. The lowest BCUT2D eigenvalue weighted by atomic mass is 10.1. The number of amides is 1. The van der Waals surface area contributed by atoms with E-state index in [2.05, 4.69) is 31.7 Å². The highest BCUT2D eigenvalue weighted by atomic mass is 79.9. The summed E-state index contributed by atoms with van der Waals surface area (Å²) in [5.41, 5.74) is 4.09. The highest BCUT2D eigenvalue weighted by Crippen LogP contribution is 2.21. The van der Waals surface area contributed by atoms with Crippen molar-refractivity contribution in [3.8, 4) is 0 Å². The largest absolute Gasteiger partial charge is 0.322 e. The minimum absolute atomic E-state index is 0.286. The number of hydrazine groups is 1. The zero-order valence-corrected chi connectivity index (χ0v) is 12.9. The maximum atomic E-state index is 13.2. The van der Waals surface area contributed by atoms with E-state index in [9.17, 15) is 9.18 Å². The summed E-state index contributed by atoms with van der Waals surface area (Å²) >= 11 is 3.08. The summed E-state index contributed by atoms with van der Waals surface area (Å²) in [4.78, 5) is 16.4. The highest BCUT2D eigenvalue weighted by molar-refractivity contribution is 9.10. The number of nitrogen functional groups attached to an aromatic ring is 1. The molecule has 1 aromatic carbocycles. The molecule has 0 saturated heterocycles. The zero-order valence-electron chi connectivity index (χ0n) is 11.3. The van der Waals surface area contributed by atoms with Crippen LogP contribution in [0.5, 0.6) is 0 Å². The number of aromatic nitrogens is 1. The molecule has 4 N–H and O–H groups in total. The first-order valence-corrected chi connectivity index (χ1v) is 7.06. The molecule has 1 aromatic heterocycles. The van der Waals surface area contributed by atoms with E-state index in [-0.39, 0.29) is 16.2 Å². The summed E-state index contributed by atoms with van der Waals surface area (Å²) in [7, 11) is 0. The normalized spacial score (nSPS) is 10.3. The molecule has 0 aliphatic rings. The number of pyridine rings is 1. The topological polar surface area (TPSA) is 80.0 Å². The van der Waals surface area contributed by atoms with E-state index in [1.165, 1.54) is 18.2 Å². The maximum Gasteiger partial charge on any atom is 0.255 e. The number of hydrogen-bond donors (Lipinski definition) is 3. The Morgan fingerprint density at radius 1 is 1.38 bits per heavy atom. The number of carbonyl (C=O) groups excluding carboxylic acids is 1. The van der Waals surface area contributed by atoms with E-state index < -0.39 is 0 Å². The van der Waals surface area contributed by atoms with Crippen molar-refractivity contribution in [2.24, 2.45) is 5.84 Å². The number of nitrogens with one attached hydrogen (secondary N) is 2. The molecule has 2 rings (SSSR count). The van der Waals surface area contributed by atoms with Crippen LogP contribution in [0.3, 0.4) is 0 Å². The van der Waals surface area contributed by atoms with Gasteiger partial charge in [0.25, 0.3) is 5.91 Å². The van der Waals surface area contributed by atoms with Crippen LogP contribution in [0.25, 0.3) is 0 Å². The number of nitrogens with zero attached hydrogens (tertiary/aromatic N) is 1. The summed E-state index contributed by atoms with van der Waals surface area (Å²) in [5.74, 6) is 5.05. The fraction of sp³-hybridized carbons (Fsp3) is 0.143. The summed E-state index contributed by atoms with van der Waals surface area (Å²) in [6, 6.07) is 7.50. The van der Waals surface area contributed by atoms with Crippen molar-refractivity contribution in [1.29, 1.82) is 0 Å². The smallest absolute Gasteiger partial charge is 0.255 e. The molecule has 0 unspecified atom stereocenters. The molecular weight excluding hydrogens is 339 g/mol. The van der Waals surface area contributed by atoms with Crippen LogP contribution in [0.15, 0.2) is 34.8 Å². The molecule has 0 bridgehead atoms. The van der Waals surface area contributed by atoms with Gasteiger partial charge >= 0.3 is 0 Å². The Morgan fingerprint density at radius 2 is 2.14 bits per heavy atom. The molecule has 0 spiro atoms. The molecule has 1 heterocycles. The average molecular weight is 353 g/mol. The lowest BCUT2D eigenvalue weighted by Crippen LogP contribution is -2.15. The molecule has 7 heteroatoms. The summed E-state index contributed by atoms with van der Waals surface area (Å²) in [5, 5.41) is 2.70. The Morgan fingerprint density at radius 3 is 2.76 bits per heavy atom. The van der Waals surface area contributed by atoms with Gasteiger partial charge in [0.2, 0.25) is 0 Å². The van der Waals surface area contributed by atoms with E-state index >= 15 is 0 Å². The first-order valence-electron chi connectivity index (χ1n) is 6.27. The second kappa shape index (κ2) is 6.64. The van der Waals surface area contributed by atoms with Crippen LogP contribution in [0.4, 0.5) is 15.9 Å². The van der Waals surface area contributed by atoms with Crippen LogP contribution < -0.4 is 16.6 Å². The van der Waals surface area contributed by atoms with Crippen LogP contribution >= 0.6 is 15.9 Å². The van der Waals surface area contributed by atoms with Crippen LogP contribution in [0, 0.1) is 5.82 Å². The molecule has 0 aliphatic heterocycles. The van der Waals surface area contributed by atoms with E-state index in [0.717, 1.165) is 5.69 Å². The van der Waals surface area contributed by atoms with Crippen molar-refractivity contribution < 1.29 is 9.18 Å². The minimum Gasteiger partial charge on any atom is -0.322 e. The van der Waals surface area contributed by atoms with E-state index in [0.29, 0.717) is 23.5 Å². The minimum atomic E-state index is -0.389. The maximum absolute atomic E-state index is 13.2. The van der Waals surface area contributed by atoms with Gasteiger partial charge in [-0.3, -0.25) is 4.79 Å². The van der Waals surface area contributed by atoms with Gasteiger partial charge in [0.05, 0.1) is 4.47 Å². The summed E-state index contributed by atoms with van der Waals surface area (Å²) in [6.07, 6.45) is 0.678. The Bertz CT molecular complexity index is 656. The van der Waals surface area contributed by atoms with Crippen LogP contribution in [-0.4, -0.2) is 10.9 Å². The second-order valence-electron chi connectivity index (χ2n) is 4.31. The van der Waals surface area contributed by atoms with Crippen molar-refractivity contribution >= 4 is 33.3 Å². The molecule has 2 aromatic rings. The first-order chi connectivity index (χ1) is 10.0. The molecular formula is C14H14BrFN4O. The van der Waals surface area contributed by atoms with Crippen LogP contribution in [0.1, 0.15) is 23.0 Å². The van der Waals surface area contributed by atoms with Gasteiger partial charge in [-0.05, 0) is 52.7 Å². The van der Waals surface area contributed by atoms with Crippen molar-refractivity contribution in [3.05, 3.63) is 51.9 Å². The number of benzene rings is 1. The van der Waals surface area contributed by atoms with Gasteiger partial charge in [0.15, 0.2) is 0 Å². The van der Waals surface area contributed by atoms with E-state index in [4.69, 9.17) is 5.84 Å². The third-order valence-corrected chi connectivity index (χ3v) is 3.44. The SMILES string of the molecule is CCc1cc(C(=O)Nc2ccc(F)c(Br)c2)cc(NN)n1. The third kappa shape index (κ3) is 3.77. The van der Waals surface area contributed by atoms with Crippen LogP contribution in [0.2, 0.25) is 0 Å². The monoisotopic (exact) mass is 352 g/mol. The van der Waals surface area contributed by atoms with Crippen molar-refractivity contribution in [1.82, 2.24) is 4.98 Å². The van der Waals surface area contributed by atoms with Gasteiger partial charge in [-0.25, -0.2) is 15.2 Å². The first kappa shape index (κ1) is 15.4. The molecule has 0 aliphatic carbocycles. The van der Waals surface area contributed by atoms with Crippen molar-refractivity contribution in [2.75, 3.05) is 10.7 Å². The number of hydrogen-bond acceptors (Lipinski definition) is 4. The van der Waals surface area contributed by atoms with Crippen molar-refractivity contribution in [3.63, 3.8) is 0 Å². The van der Waals surface area contributed by atoms with E-state index in [1.807, 2.05) is 6.92 Å². The quantitative estimate of drug-likeness (QED) is 0.583. The summed E-state index contributed by atoms with van der Waals surface area (Å²) in [6.45, 7) is 1.93. The standard InChI is InChI=1S/C14H14BrFN4O/c1-2-9-5-8(6-13(18-9)20-17)14(21)19-10-3-4-12(16)11(15)7-10/h3-7H,2,17H2,1H3,(H,18,20)(H,19,21). The number of anilines is 2. The Kier molecular flexibility index (Phi) is 4.87. The predicted molar refractivity (Wildman–Crippen MR) is 83.5 cm³/mol. The molecule has 21 heavy (non-hydrogen) atoms. The molecule has 0 atom stereocenters. The molecule has 0 saturated carbocycles. The van der Waals surface area contributed by atoms with Gasteiger partial charge < -0.3 is 10.7 Å². The Balaban J connectivity index is 2.25. The molecule has 0 radical (unpaired) electrons. The third-order valence-electron chi connectivity index (χ3n) is 2.83. The van der Waals surface area contributed by atoms with Gasteiger partial charge in [-0.15, -0.1) is 0 Å². The number of aryl methyl sites for hydroxylation is 1. The number of carbonyl (C=O) groups is 1. The summed E-state index contributed by atoms with van der Waals surface area (Å²) < 4.78 is 13.5. The lowest BCUT2D eigenvalue weighted by molar-refractivity contribution is 0.102. The molecule has 110 valence electrons. The highest BCUT2D eigenvalue weighted by Gasteiger charge is 2.10. The van der Waals surface area contributed by atoms with Gasteiger partial charge in [0, 0.05) is 16.9 Å². The lowest BCUT2D eigenvalue weighted by Gasteiger charge is -2.09. The van der Waals surface area contributed by atoms with Gasteiger partial charge in [-0.1, -0.05) is 6.92 Å². The number of rotatable bonds is 4. The fourth-order valence-electron chi connectivity index (χ4n) is 1.75. The molecule has 1 amide bonds. The fourth-order valence-corrected chi connectivity index (χ4v) is 2.13. The second-order valence-corrected chi connectivity index (χ2v) is 5.17. The van der Waals surface area contributed by atoms with Crippen molar-refractivity contribution in [2.45, 2.75) is 13.3 Å².